The molecule has 0 saturated heterocycles. The van der Waals surface area contributed by atoms with Crippen LogP contribution in [0.3, 0.4) is 0 Å². The summed E-state index contributed by atoms with van der Waals surface area (Å²) in [7, 11) is 0. The Morgan fingerprint density at radius 1 is 1.32 bits per heavy atom. The number of aryl methyl sites for hydroxylation is 2. The third kappa shape index (κ3) is 3.01. The fourth-order valence-electron chi connectivity index (χ4n) is 1.68. The summed E-state index contributed by atoms with van der Waals surface area (Å²) in [6, 6.07) is 5.12. The zero-order valence-corrected chi connectivity index (χ0v) is 11.5. The molecule has 0 amide bonds. The van der Waals surface area contributed by atoms with E-state index in [2.05, 4.69) is 9.97 Å². The van der Waals surface area contributed by atoms with Crippen LogP contribution in [-0.2, 0) is 12.3 Å². The molecule has 0 spiro atoms. The lowest BCUT2D eigenvalue weighted by Gasteiger charge is -2.10. The van der Waals surface area contributed by atoms with Crippen LogP contribution in [0.15, 0.2) is 24.4 Å². The average molecular weight is 281 g/mol. The van der Waals surface area contributed by atoms with Crippen molar-refractivity contribution in [3.63, 3.8) is 0 Å². The van der Waals surface area contributed by atoms with Crippen LogP contribution in [0.4, 0.5) is 4.39 Å². The summed E-state index contributed by atoms with van der Waals surface area (Å²) in [6.45, 7) is 3.86. The molecule has 0 atom stereocenters. The van der Waals surface area contributed by atoms with Gasteiger partial charge in [0.25, 0.3) is 5.88 Å². The predicted octanol–water partition coefficient (Wildman–Crippen LogP) is 4.02. The van der Waals surface area contributed by atoms with Gasteiger partial charge >= 0.3 is 0 Å². The van der Waals surface area contributed by atoms with Crippen molar-refractivity contribution in [1.29, 1.82) is 0 Å². The van der Waals surface area contributed by atoms with E-state index in [9.17, 15) is 4.39 Å². The molecule has 0 aromatic carbocycles. The van der Waals surface area contributed by atoms with Gasteiger partial charge in [0.1, 0.15) is 0 Å². The van der Waals surface area contributed by atoms with Gasteiger partial charge in [0.15, 0.2) is 11.6 Å². The van der Waals surface area contributed by atoms with Crippen LogP contribution in [0, 0.1) is 12.7 Å². The van der Waals surface area contributed by atoms with Crippen molar-refractivity contribution in [3.05, 3.63) is 47.2 Å². The molecule has 2 rings (SSSR count). The summed E-state index contributed by atoms with van der Waals surface area (Å²) in [5.41, 5.74) is 2.04. The van der Waals surface area contributed by atoms with Gasteiger partial charge in [-0.3, -0.25) is 4.98 Å². The Morgan fingerprint density at radius 3 is 2.79 bits per heavy atom. The number of rotatable bonds is 4. The molecule has 0 aliphatic heterocycles. The number of aromatic nitrogens is 2. The second kappa shape index (κ2) is 5.97. The number of hydrogen-bond acceptors (Lipinski definition) is 3. The minimum atomic E-state index is -0.528. The molecular weight excluding hydrogens is 267 g/mol. The standard InChI is InChI=1S/C14H14ClFN2O/c1-3-11-12(5-4-9(2)18-11)19-14-13(16)10(8-15)6-7-17-14/h4-7H,3,8H2,1-2H3. The summed E-state index contributed by atoms with van der Waals surface area (Å²) in [4.78, 5) is 8.26. The predicted molar refractivity (Wildman–Crippen MR) is 72.2 cm³/mol. The number of halogens is 2. The zero-order chi connectivity index (χ0) is 13.8. The first-order valence-corrected chi connectivity index (χ1v) is 6.52. The number of nitrogens with zero attached hydrogens (tertiary/aromatic N) is 2. The monoisotopic (exact) mass is 280 g/mol. The van der Waals surface area contributed by atoms with Crippen molar-refractivity contribution in [1.82, 2.24) is 9.97 Å². The van der Waals surface area contributed by atoms with Gasteiger partial charge < -0.3 is 4.74 Å². The SMILES string of the molecule is CCc1nc(C)ccc1Oc1nccc(CCl)c1F. The second-order valence-electron chi connectivity index (χ2n) is 4.08. The molecule has 0 N–H and O–H groups in total. The number of ether oxygens (including phenoxy) is 1. The molecule has 0 saturated carbocycles. The molecule has 5 heteroatoms. The largest absolute Gasteiger partial charge is 0.435 e. The second-order valence-corrected chi connectivity index (χ2v) is 4.34. The van der Waals surface area contributed by atoms with Crippen LogP contribution < -0.4 is 4.74 Å². The molecule has 100 valence electrons. The fourth-order valence-corrected chi connectivity index (χ4v) is 1.89. The molecule has 0 radical (unpaired) electrons. The van der Waals surface area contributed by atoms with Crippen molar-refractivity contribution in [2.45, 2.75) is 26.1 Å². The van der Waals surface area contributed by atoms with E-state index in [0.29, 0.717) is 17.7 Å². The summed E-state index contributed by atoms with van der Waals surface area (Å²) in [5.74, 6) is 0.00201. The van der Waals surface area contributed by atoms with Crippen molar-refractivity contribution >= 4 is 11.6 Å². The van der Waals surface area contributed by atoms with Crippen LogP contribution >= 0.6 is 11.6 Å². The summed E-state index contributed by atoms with van der Waals surface area (Å²) in [5, 5.41) is 0. The topological polar surface area (TPSA) is 35.0 Å². The molecular formula is C14H14ClFN2O. The van der Waals surface area contributed by atoms with E-state index < -0.39 is 5.82 Å². The highest BCUT2D eigenvalue weighted by Crippen LogP contribution is 2.27. The summed E-state index contributed by atoms with van der Waals surface area (Å²) < 4.78 is 19.5. The van der Waals surface area contributed by atoms with Gasteiger partial charge in [-0.2, -0.15) is 0 Å². The molecule has 3 nitrogen and oxygen atoms in total. The first-order chi connectivity index (χ1) is 9.15. The Hall–Kier alpha value is -1.68. The van der Waals surface area contributed by atoms with Crippen LogP contribution in [0.5, 0.6) is 11.6 Å². The number of pyridine rings is 2. The first kappa shape index (κ1) is 13.7. The Labute approximate surface area is 116 Å². The quantitative estimate of drug-likeness (QED) is 0.794. The van der Waals surface area contributed by atoms with Gasteiger partial charge in [-0.1, -0.05) is 6.92 Å². The van der Waals surface area contributed by atoms with Crippen molar-refractivity contribution in [2.75, 3.05) is 0 Å². The normalized spacial score (nSPS) is 10.5. The third-order valence-corrected chi connectivity index (χ3v) is 2.98. The Bertz CT molecular complexity index is 590. The van der Waals surface area contributed by atoms with Gasteiger partial charge in [0.2, 0.25) is 0 Å². The van der Waals surface area contributed by atoms with Gasteiger partial charge in [-0.15, -0.1) is 11.6 Å². The lowest BCUT2D eigenvalue weighted by Crippen LogP contribution is -2.00. The molecule has 0 fully saturated rings. The summed E-state index contributed by atoms with van der Waals surface area (Å²) >= 11 is 5.65. The van der Waals surface area contributed by atoms with E-state index in [1.807, 2.05) is 19.9 Å². The number of alkyl halides is 1. The smallest absolute Gasteiger partial charge is 0.256 e. The van der Waals surface area contributed by atoms with E-state index >= 15 is 0 Å². The average Bonchev–Trinajstić information content (AvgIpc) is 2.42. The first-order valence-electron chi connectivity index (χ1n) is 5.99. The lowest BCUT2D eigenvalue weighted by molar-refractivity contribution is 0.414. The van der Waals surface area contributed by atoms with Crippen molar-refractivity contribution in [3.8, 4) is 11.6 Å². The van der Waals surface area contributed by atoms with Crippen molar-refractivity contribution < 1.29 is 9.13 Å². The molecule has 2 heterocycles. The molecule has 2 aromatic heterocycles. The molecule has 19 heavy (non-hydrogen) atoms. The van der Waals surface area contributed by atoms with Crippen LogP contribution in [-0.4, -0.2) is 9.97 Å². The van der Waals surface area contributed by atoms with E-state index in [1.165, 1.54) is 12.3 Å². The molecule has 0 aliphatic carbocycles. The maximum Gasteiger partial charge on any atom is 0.256 e. The van der Waals surface area contributed by atoms with Gasteiger partial charge in [-0.05, 0) is 31.5 Å². The van der Waals surface area contributed by atoms with Gasteiger partial charge in [0, 0.05) is 17.5 Å². The van der Waals surface area contributed by atoms with E-state index in [1.54, 1.807) is 6.07 Å². The molecule has 0 bridgehead atoms. The van der Waals surface area contributed by atoms with Gasteiger partial charge in [0.05, 0.1) is 11.6 Å². The number of hydrogen-bond donors (Lipinski definition) is 0. The highest BCUT2D eigenvalue weighted by molar-refractivity contribution is 6.17. The third-order valence-electron chi connectivity index (χ3n) is 2.69. The minimum absolute atomic E-state index is 0.0708. The maximum atomic E-state index is 14.0. The van der Waals surface area contributed by atoms with E-state index in [4.69, 9.17) is 16.3 Å². The Kier molecular flexibility index (Phi) is 4.32. The van der Waals surface area contributed by atoms with E-state index in [-0.39, 0.29) is 11.8 Å². The highest BCUT2D eigenvalue weighted by atomic mass is 35.5. The summed E-state index contributed by atoms with van der Waals surface area (Å²) in [6.07, 6.45) is 2.18. The minimum Gasteiger partial charge on any atom is -0.435 e. The fraction of sp³-hybridized carbons (Fsp3) is 0.286. The Morgan fingerprint density at radius 2 is 2.11 bits per heavy atom. The molecule has 0 unspecified atom stereocenters. The zero-order valence-electron chi connectivity index (χ0n) is 10.8. The highest BCUT2D eigenvalue weighted by Gasteiger charge is 2.13. The van der Waals surface area contributed by atoms with Crippen LogP contribution in [0.25, 0.3) is 0 Å². The van der Waals surface area contributed by atoms with E-state index in [0.717, 1.165) is 11.4 Å². The maximum absolute atomic E-state index is 14.0. The lowest BCUT2D eigenvalue weighted by atomic mass is 10.2. The van der Waals surface area contributed by atoms with Crippen LogP contribution in [0.2, 0.25) is 0 Å². The van der Waals surface area contributed by atoms with Gasteiger partial charge in [-0.25, -0.2) is 9.37 Å². The van der Waals surface area contributed by atoms with Crippen molar-refractivity contribution in [2.24, 2.45) is 0 Å². The molecule has 0 aliphatic rings. The Balaban J connectivity index is 2.36. The van der Waals surface area contributed by atoms with Crippen LogP contribution in [0.1, 0.15) is 23.9 Å². The molecule has 2 aromatic rings.